The maximum atomic E-state index is 11.3. The Hall–Kier alpha value is -3.87. The summed E-state index contributed by atoms with van der Waals surface area (Å²) in [4.78, 5) is 21.8. The summed E-state index contributed by atoms with van der Waals surface area (Å²) in [5.74, 6) is 1.42. The molecule has 0 radical (unpaired) electrons. The topological polar surface area (TPSA) is 90.7 Å². The lowest BCUT2D eigenvalue weighted by molar-refractivity contribution is -0.385. The fraction of sp³-hybridized carbons (Fsp3) is 0.0952. The fourth-order valence-corrected chi connectivity index (χ4v) is 2.47. The largest absolute Gasteiger partial charge is 0.457 e. The van der Waals surface area contributed by atoms with Crippen molar-refractivity contribution in [2.75, 3.05) is 5.32 Å². The highest BCUT2D eigenvalue weighted by Gasteiger charge is 2.13. The van der Waals surface area contributed by atoms with Crippen LogP contribution in [-0.2, 0) is 4.79 Å². The van der Waals surface area contributed by atoms with Gasteiger partial charge in [0.15, 0.2) is 0 Å². The van der Waals surface area contributed by atoms with Gasteiger partial charge in [0, 0.05) is 18.7 Å². The molecule has 1 N–H and O–H groups in total. The van der Waals surface area contributed by atoms with Crippen molar-refractivity contribution in [1.29, 1.82) is 0 Å². The Kier molecular flexibility index (Phi) is 5.55. The van der Waals surface area contributed by atoms with Crippen LogP contribution in [-0.4, -0.2) is 10.8 Å². The van der Waals surface area contributed by atoms with Crippen LogP contribution in [0.1, 0.15) is 12.5 Å². The third-order valence-electron chi connectivity index (χ3n) is 3.74. The number of nitrogens with zero attached hydrogens (tertiary/aromatic N) is 1. The predicted molar refractivity (Wildman–Crippen MR) is 105 cm³/mol. The highest BCUT2D eigenvalue weighted by Crippen LogP contribution is 2.33. The van der Waals surface area contributed by atoms with Crippen LogP contribution in [0.25, 0.3) is 0 Å². The number of hydrogen-bond acceptors (Lipinski definition) is 5. The van der Waals surface area contributed by atoms with E-state index in [1.165, 1.54) is 19.1 Å². The molecule has 0 aliphatic carbocycles. The number of aryl methyl sites for hydroxylation is 1. The Morgan fingerprint density at radius 3 is 1.82 bits per heavy atom. The molecule has 3 rings (SSSR count). The number of carbonyl (C=O) groups is 1. The van der Waals surface area contributed by atoms with E-state index < -0.39 is 4.92 Å². The monoisotopic (exact) mass is 378 g/mol. The minimum absolute atomic E-state index is 0.144. The van der Waals surface area contributed by atoms with Crippen molar-refractivity contribution < 1.29 is 19.2 Å². The average molecular weight is 378 g/mol. The maximum Gasteiger partial charge on any atom is 0.276 e. The normalized spacial score (nSPS) is 10.2. The van der Waals surface area contributed by atoms with Crippen LogP contribution in [0, 0.1) is 17.0 Å². The van der Waals surface area contributed by atoms with E-state index in [1.807, 2.05) is 19.1 Å². The molecule has 0 aromatic heterocycles. The van der Waals surface area contributed by atoms with Crippen molar-refractivity contribution in [3.8, 4) is 23.0 Å². The van der Waals surface area contributed by atoms with Gasteiger partial charge >= 0.3 is 0 Å². The number of anilines is 1. The minimum atomic E-state index is -0.505. The molecule has 7 nitrogen and oxygen atoms in total. The lowest BCUT2D eigenvalue weighted by atomic mass is 10.2. The Balaban J connectivity index is 1.83. The number of ether oxygens (including phenoxy) is 2. The van der Waals surface area contributed by atoms with Gasteiger partial charge in [-0.15, -0.1) is 0 Å². The highest BCUT2D eigenvalue weighted by molar-refractivity contribution is 5.88. The Morgan fingerprint density at radius 1 is 0.857 bits per heavy atom. The molecule has 0 bridgehead atoms. The Morgan fingerprint density at radius 2 is 1.36 bits per heavy atom. The molecule has 0 spiro atoms. The Bertz CT molecular complexity index is 998. The average Bonchev–Trinajstić information content (AvgIpc) is 2.64. The molecule has 0 aliphatic heterocycles. The van der Waals surface area contributed by atoms with Gasteiger partial charge in [0.25, 0.3) is 5.69 Å². The molecule has 0 saturated carbocycles. The summed E-state index contributed by atoms with van der Waals surface area (Å²) in [6, 6.07) is 18.3. The van der Waals surface area contributed by atoms with E-state index in [9.17, 15) is 14.9 Å². The molecule has 3 aromatic rings. The molecule has 0 aliphatic rings. The lowest BCUT2D eigenvalue weighted by Crippen LogP contribution is -2.05. The molecule has 28 heavy (non-hydrogen) atoms. The van der Waals surface area contributed by atoms with E-state index in [2.05, 4.69) is 5.32 Å². The second-order valence-electron chi connectivity index (χ2n) is 6.14. The van der Waals surface area contributed by atoms with Crippen LogP contribution in [0.15, 0.2) is 66.7 Å². The van der Waals surface area contributed by atoms with Crippen molar-refractivity contribution in [2.45, 2.75) is 13.8 Å². The van der Waals surface area contributed by atoms with Crippen LogP contribution in [0.4, 0.5) is 11.4 Å². The van der Waals surface area contributed by atoms with E-state index in [1.54, 1.807) is 42.5 Å². The second kappa shape index (κ2) is 8.22. The van der Waals surface area contributed by atoms with Crippen LogP contribution in [0.5, 0.6) is 23.0 Å². The first-order chi connectivity index (χ1) is 13.4. The van der Waals surface area contributed by atoms with Crippen LogP contribution >= 0.6 is 0 Å². The molecule has 142 valence electrons. The number of non-ortho nitro benzene ring substituents is 1. The van der Waals surface area contributed by atoms with E-state index in [4.69, 9.17) is 9.47 Å². The Labute approximate surface area is 161 Å². The van der Waals surface area contributed by atoms with Gasteiger partial charge in [0.05, 0.1) is 17.1 Å². The first-order valence-electron chi connectivity index (χ1n) is 8.48. The third-order valence-corrected chi connectivity index (χ3v) is 3.74. The van der Waals surface area contributed by atoms with Crippen LogP contribution < -0.4 is 14.8 Å². The van der Waals surface area contributed by atoms with Gasteiger partial charge < -0.3 is 14.8 Å². The summed E-state index contributed by atoms with van der Waals surface area (Å²) in [7, 11) is 0. The van der Waals surface area contributed by atoms with Gasteiger partial charge in [-0.2, -0.15) is 0 Å². The summed E-state index contributed by atoms with van der Waals surface area (Å²) in [5.41, 5.74) is 1.56. The summed E-state index contributed by atoms with van der Waals surface area (Å²) >= 11 is 0. The van der Waals surface area contributed by atoms with Gasteiger partial charge in [-0.1, -0.05) is 17.7 Å². The fourth-order valence-electron chi connectivity index (χ4n) is 2.47. The standard InChI is InChI=1S/C21H18N2O5/c1-14-3-7-18(8-4-14)27-20-11-17(23(25)26)12-21(13-20)28-19-9-5-16(6-10-19)22-15(2)24/h3-13H,1-2H3,(H,22,24). The smallest absolute Gasteiger partial charge is 0.276 e. The van der Waals surface area contributed by atoms with Crippen LogP contribution in [0.3, 0.4) is 0 Å². The number of carbonyl (C=O) groups excluding carboxylic acids is 1. The molecule has 3 aromatic carbocycles. The zero-order valence-corrected chi connectivity index (χ0v) is 15.3. The minimum Gasteiger partial charge on any atom is -0.457 e. The van der Waals surface area contributed by atoms with E-state index in [-0.39, 0.29) is 17.3 Å². The number of nitro benzene ring substituents is 1. The maximum absolute atomic E-state index is 11.3. The number of nitrogens with one attached hydrogen (secondary N) is 1. The quantitative estimate of drug-likeness (QED) is 0.455. The molecule has 7 heteroatoms. The van der Waals surface area contributed by atoms with Crippen molar-refractivity contribution in [3.05, 3.63) is 82.4 Å². The summed E-state index contributed by atoms with van der Waals surface area (Å²) in [6.45, 7) is 3.38. The second-order valence-corrected chi connectivity index (χ2v) is 6.14. The van der Waals surface area contributed by atoms with Gasteiger partial charge in [-0.3, -0.25) is 14.9 Å². The molecule has 1 amide bonds. The summed E-state index contributed by atoms with van der Waals surface area (Å²) in [6.07, 6.45) is 0. The molecule has 0 saturated heterocycles. The van der Waals surface area contributed by atoms with E-state index in [0.717, 1.165) is 5.56 Å². The zero-order chi connectivity index (χ0) is 20.1. The van der Waals surface area contributed by atoms with Gasteiger partial charge in [-0.05, 0) is 43.3 Å². The molecule has 0 atom stereocenters. The number of rotatable bonds is 6. The van der Waals surface area contributed by atoms with Crippen LogP contribution in [0.2, 0.25) is 0 Å². The summed E-state index contributed by atoms with van der Waals surface area (Å²) < 4.78 is 11.5. The highest BCUT2D eigenvalue weighted by atomic mass is 16.6. The SMILES string of the molecule is CC(=O)Nc1ccc(Oc2cc(Oc3ccc(C)cc3)cc([N+](=O)[O-])c2)cc1. The van der Waals surface area contributed by atoms with Gasteiger partial charge in [-0.25, -0.2) is 0 Å². The molecular weight excluding hydrogens is 360 g/mol. The molecular formula is C21H18N2O5. The first kappa shape index (κ1) is 18.9. The third kappa shape index (κ3) is 5.07. The van der Waals surface area contributed by atoms with Crippen molar-refractivity contribution in [3.63, 3.8) is 0 Å². The number of hydrogen-bond donors (Lipinski definition) is 1. The number of benzene rings is 3. The number of amides is 1. The zero-order valence-electron chi connectivity index (χ0n) is 15.3. The van der Waals surface area contributed by atoms with E-state index >= 15 is 0 Å². The van der Waals surface area contributed by atoms with Gasteiger partial charge in [0.2, 0.25) is 5.91 Å². The van der Waals surface area contributed by atoms with Crippen molar-refractivity contribution in [2.24, 2.45) is 0 Å². The predicted octanol–water partition coefficient (Wildman–Crippen LogP) is 5.45. The van der Waals surface area contributed by atoms with E-state index in [0.29, 0.717) is 22.9 Å². The van der Waals surface area contributed by atoms with Crippen molar-refractivity contribution in [1.82, 2.24) is 0 Å². The van der Waals surface area contributed by atoms with Gasteiger partial charge in [0.1, 0.15) is 23.0 Å². The molecule has 0 heterocycles. The lowest BCUT2D eigenvalue weighted by Gasteiger charge is -2.10. The molecule has 0 fully saturated rings. The summed E-state index contributed by atoms with van der Waals surface area (Å²) in [5, 5.41) is 13.9. The van der Waals surface area contributed by atoms with Crippen molar-refractivity contribution >= 4 is 17.3 Å². The number of nitro groups is 1. The first-order valence-corrected chi connectivity index (χ1v) is 8.48. The molecule has 0 unspecified atom stereocenters.